The van der Waals surface area contributed by atoms with Crippen LogP contribution in [-0.4, -0.2) is 22.1 Å². The van der Waals surface area contributed by atoms with E-state index < -0.39 is 0 Å². The van der Waals surface area contributed by atoms with E-state index in [0.717, 1.165) is 40.2 Å². The predicted octanol–water partition coefficient (Wildman–Crippen LogP) is 6.71. The lowest BCUT2D eigenvalue weighted by molar-refractivity contribution is 0.0526. The first-order chi connectivity index (χ1) is 16.0. The van der Waals surface area contributed by atoms with Gasteiger partial charge in [-0.15, -0.1) is 0 Å². The van der Waals surface area contributed by atoms with Gasteiger partial charge in [0, 0.05) is 13.0 Å². The number of fused-ring (bicyclic) bond motifs is 1. The summed E-state index contributed by atoms with van der Waals surface area (Å²) < 4.78 is 13.2. The molecule has 1 aromatic heterocycles. The van der Waals surface area contributed by atoms with Gasteiger partial charge in [-0.1, -0.05) is 48.3 Å². The second kappa shape index (κ2) is 10.3. The molecule has 0 amide bonds. The van der Waals surface area contributed by atoms with Gasteiger partial charge < -0.3 is 14.0 Å². The van der Waals surface area contributed by atoms with Crippen molar-refractivity contribution in [1.29, 1.82) is 0 Å². The lowest BCUT2D eigenvalue weighted by Crippen LogP contribution is -2.07. The van der Waals surface area contributed by atoms with Crippen molar-refractivity contribution in [3.05, 3.63) is 93.2 Å². The van der Waals surface area contributed by atoms with E-state index in [2.05, 4.69) is 11.5 Å². The van der Waals surface area contributed by atoms with Gasteiger partial charge in [0.05, 0.1) is 33.2 Å². The number of aryl methyl sites for hydroxylation is 1. The number of nitrogens with zero attached hydrogens (tertiary/aromatic N) is 2. The van der Waals surface area contributed by atoms with Crippen LogP contribution in [0.15, 0.2) is 60.7 Å². The zero-order valence-electron chi connectivity index (χ0n) is 18.5. The summed E-state index contributed by atoms with van der Waals surface area (Å²) in [5.41, 5.74) is 4.36. The highest BCUT2D eigenvalue weighted by Gasteiger charge is 2.14. The first kappa shape index (κ1) is 23.1. The number of rotatable bonds is 8. The Balaban J connectivity index is 1.51. The highest BCUT2D eigenvalue weighted by Crippen LogP contribution is 2.24. The third-order valence-electron chi connectivity index (χ3n) is 5.31. The third kappa shape index (κ3) is 5.32. The van der Waals surface area contributed by atoms with E-state index in [9.17, 15) is 4.79 Å². The minimum Gasteiger partial charge on any atom is -0.489 e. The summed E-state index contributed by atoms with van der Waals surface area (Å²) >= 11 is 12.0. The summed E-state index contributed by atoms with van der Waals surface area (Å²) in [6.07, 6.45) is 0.786. The van der Waals surface area contributed by atoms with E-state index in [4.69, 9.17) is 37.7 Å². The lowest BCUT2D eigenvalue weighted by atomic mass is 10.2. The van der Waals surface area contributed by atoms with Gasteiger partial charge in [0.1, 0.15) is 18.2 Å². The van der Waals surface area contributed by atoms with E-state index in [0.29, 0.717) is 35.4 Å². The monoisotopic (exact) mass is 482 g/mol. The Labute approximate surface area is 202 Å². The second-order valence-electron chi connectivity index (χ2n) is 7.57. The van der Waals surface area contributed by atoms with Gasteiger partial charge in [-0.25, -0.2) is 9.78 Å². The van der Waals surface area contributed by atoms with Crippen molar-refractivity contribution < 1.29 is 14.3 Å². The lowest BCUT2D eigenvalue weighted by Gasteiger charge is -2.11. The Kier molecular flexibility index (Phi) is 7.21. The molecule has 4 aromatic rings. The summed E-state index contributed by atoms with van der Waals surface area (Å²) in [6.45, 7) is 5.26. The smallest absolute Gasteiger partial charge is 0.338 e. The molecule has 0 unspecified atom stereocenters. The highest BCUT2D eigenvalue weighted by molar-refractivity contribution is 6.42. The largest absolute Gasteiger partial charge is 0.489 e. The molecule has 0 aliphatic carbocycles. The molecule has 0 saturated heterocycles. The van der Waals surface area contributed by atoms with E-state index in [1.165, 1.54) is 0 Å². The number of halogens is 2. The van der Waals surface area contributed by atoms with E-state index in [1.807, 2.05) is 42.5 Å². The molecule has 5 nitrogen and oxygen atoms in total. The Morgan fingerprint density at radius 3 is 2.39 bits per heavy atom. The molecule has 7 heteroatoms. The molecule has 0 radical (unpaired) electrons. The van der Waals surface area contributed by atoms with Gasteiger partial charge in [-0.2, -0.15) is 0 Å². The molecular formula is C26H24Cl2N2O3. The average molecular weight is 483 g/mol. The van der Waals surface area contributed by atoms with Crippen LogP contribution in [0.25, 0.3) is 11.0 Å². The number of imidazole rings is 1. The summed E-state index contributed by atoms with van der Waals surface area (Å²) in [6, 6.07) is 18.9. The van der Waals surface area contributed by atoms with Crippen molar-refractivity contribution >= 4 is 40.2 Å². The van der Waals surface area contributed by atoms with E-state index in [1.54, 1.807) is 25.1 Å². The van der Waals surface area contributed by atoms with Crippen LogP contribution in [0, 0.1) is 0 Å². The first-order valence-corrected chi connectivity index (χ1v) is 11.6. The number of carbonyl (C=O) groups excluding carboxylic acids is 1. The number of hydrogen-bond donors (Lipinski definition) is 0. The molecular weight excluding hydrogens is 459 g/mol. The number of carbonyl (C=O) groups is 1. The normalized spacial score (nSPS) is 11.0. The fourth-order valence-electron chi connectivity index (χ4n) is 3.63. The number of benzene rings is 3. The summed E-state index contributed by atoms with van der Waals surface area (Å²) in [5.74, 6) is 1.40. The summed E-state index contributed by atoms with van der Waals surface area (Å²) in [5, 5.41) is 1.04. The molecule has 0 fully saturated rings. The van der Waals surface area contributed by atoms with Crippen LogP contribution in [0.2, 0.25) is 10.0 Å². The molecule has 0 spiro atoms. The molecule has 0 aliphatic heterocycles. The zero-order chi connectivity index (χ0) is 23.4. The molecule has 0 atom stereocenters. The number of hydrogen-bond acceptors (Lipinski definition) is 4. The predicted molar refractivity (Wildman–Crippen MR) is 131 cm³/mol. The minimum absolute atomic E-state index is 0.325. The average Bonchev–Trinajstić information content (AvgIpc) is 3.17. The van der Waals surface area contributed by atoms with Crippen LogP contribution in [0.5, 0.6) is 5.75 Å². The van der Waals surface area contributed by atoms with E-state index >= 15 is 0 Å². The van der Waals surface area contributed by atoms with Gasteiger partial charge >= 0.3 is 5.97 Å². The molecule has 170 valence electrons. The van der Waals surface area contributed by atoms with Crippen LogP contribution >= 0.6 is 23.2 Å². The van der Waals surface area contributed by atoms with Crippen molar-refractivity contribution in [2.24, 2.45) is 0 Å². The third-order valence-corrected chi connectivity index (χ3v) is 6.05. The Hall–Kier alpha value is -3.02. The van der Waals surface area contributed by atoms with Crippen molar-refractivity contribution in [3.8, 4) is 5.75 Å². The number of ether oxygens (including phenoxy) is 2. The molecule has 1 heterocycles. The summed E-state index contributed by atoms with van der Waals surface area (Å²) in [4.78, 5) is 16.9. The van der Waals surface area contributed by atoms with E-state index in [-0.39, 0.29) is 5.97 Å². The van der Waals surface area contributed by atoms with Crippen molar-refractivity contribution in [2.45, 2.75) is 33.4 Å². The number of esters is 1. The zero-order valence-corrected chi connectivity index (χ0v) is 20.0. The molecule has 33 heavy (non-hydrogen) atoms. The standard InChI is InChI=1S/C26H24Cl2N2O3/c1-3-25-29-23-12-8-19(26(31)32-4-2)14-24(23)30(25)15-17-5-9-20(10-6-17)33-16-18-7-11-21(27)22(28)13-18/h5-14H,3-4,15-16H2,1-2H3. The Morgan fingerprint density at radius 2 is 1.70 bits per heavy atom. The maximum Gasteiger partial charge on any atom is 0.338 e. The van der Waals surface area contributed by atoms with Crippen LogP contribution in [0.4, 0.5) is 0 Å². The van der Waals surface area contributed by atoms with Gasteiger partial charge in [-0.05, 0) is 60.5 Å². The van der Waals surface area contributed by atoms with Gasteiger partial charge in [0.25, 0.3) is 0 Å². The minimum atomic E-state index is -0.325. The van der Waals surface area contributed by atoms with Crippen LogP contribution < -0.4 is 4.74 Å². The van der Waals surface area contributed by atoms with Crippen LogP contribution in [-0.2, 0) is 24.3 Å². The maximum absolute atomic E-state index is 12.2. The highest BCUT2D eigenvalue weighted by atomic mass is 35.5. The maximum atomic E-state index is 12.2. The number of aromatic nitrogens is 2. The van der Waals surface area contributed by atoms with Gasteiger partial charge in [-0.3, -0.25) is 0 Å². The van der Waals surface area contributed by atoms with Crippen molar-refractivity contribution in [3.63, 3.8) is 0 Å². The quantitative estimate of drug-likeness (QED) is 0.262. The Bertz CT molecular complexity index is 1280. The van der Waals surface area contributed by atoms with Crippen LogP contribution in [0.3, 0.4) is 0 Å². The molecule has 4 rings (SSSR count). The topological polar surface area (TPSA) is 53.3 Å². The molecule has 0 saturated carbocycles. The van der Waals surface area contributed by atoms with Crippen molar-refractivity contribution in [2.75, 3.05) is 6.61 Å². The Morgan fingerprint density at radius 1 is 0.939 bits per heavy atom. The molecule has 0 bridgehead atoms. The second-order valence-corrected chi connectivity index (χ2v) is 8.39. The summed E-state index contributed by atoms with van der Waals surface area (Å²) in [7, 11) is 0. The fraction of sp³-hybridized carbons (Fsp3) is 0.231. The molecule has 3 aromatic carbocycles. The van der Waals surface area contributed by atoms with Crippen molar-refractivity contribution in [1.82, 2.24) is 9.55 Å². The van der Waals surface area contributed by atoms with Crippen LogP contribution in [0.1, 0.15) is 41.2 Å². The first-order valence-electron chi connectivity index (χ1n) is 10.8. The van der Waals surface area contributed by atoms with Gasteiger partial charge in [0.15, 0.2) is 0 Å². The van der Waals surface area contributed by atoms with Gasteiger partial charge in [0.2, 0.25) is 0 Å². The SMILES string of the molecule is CCOC(=O)c1ccc2nc(CC)n(Cc3ccc(OCc4ccc(Cl)c(Cl)c4)cc3)c2c1. The molecule has 0 N–H and O–H groups in total. The fourth-order valence-corrected chi connectivity index (χ4v) is 3.95. The molecule has 0 aliphatic rings.